The highest BCUT2D eigenvalue weighted by atomic mass is 16.5. The molecule has 4 N–H and O–H groups in total. The fraction of sp³-hybridized carbons (Fsp3) is 0.667. The Morgan fingerprint density at radius 3 is 2.74 bits per heavy atom. The van der Waals surface area contributed by atoms with Crippen LogP contribution in [0.1, 0.15) is 19.8 Å². The zero-order chi connectivity index (χ0) is 13.7. The second-order valence-electron chi connectivity index (χ2n) is 4.54. The maximum absolute atomic E-state index is 5.39. The summed E-state index contributed by atoms with van der Waals surface area (Å²) in [6.45, 7) is 5.10. The molecule has 0 aliphatic heterocycles. The molecular formula is C12H22N6O. The monoisotopic (exact) mass is 266 g/mol. The molecule has 2 rings (SSSR count). The molecule has 0 amide bonds. The van der Waals surface area contributed by atoms with Crippen molar-refractivity contribution in [2.45, 2.75) is 25.8 Å². The molecule has 7 heteroatoms. The topological polar surface area (TPSA) is 88.3 Å². The number of ether oxygens (including phenoxy) is 1. The maximum atomic E-state index is 5.39. The highest BCUT2D eigenvalue weighted by Gasteiger charge is 2.27. The van der Waals surface area contributed by atoms with Gasteiger partial charge < -0.3 is 15.5 Å². The van der Waals surface area contributed by atoms with Gasteiger partial charge >= 0.3 is 0 Å². The Balaban J connectivity index is 1.91. The Labute approximate surface area is 113 Å². The molecule has 0 atom stereocenters. The van der Waals surface area contributed by atoms with Crippen molar-refractivity contribution in [1.82, 2.24) is 14.9 Å². The predicted octanol–water partition coefficient (Wildman–Crippen LogP) is 0.667. The summed E-state index contributed by atoms with van der Waals surface area (Å²) in [4.78, 5) is 10.7. The summed E-state index contributed by atoms with van der Waals surface area (Å²) in [7, 11) is 1.58. The lowest BCUT2D eigenvalue weighted by Crippen LogP contribution is -2.31. The van der Waals surface area contributed by atoms with Gasteiger partial charge in [0.15, 0.2) is 11.6 Å². The predicted molar refractivity (Wildman–Crippen MR) is 75.2 cm³/mol. The minimum Gasteiger partial charge on any atom is -0.490 e. The second kappa shape index (κ2) is 6.53. The largest absolute Gasteiger partial charge is 0.490 e. The molecule has 1 aliphatic rings. The maximum Gasteiger partial charge on any atom is 0.205 e. The van der Waals surface area contributed by atoms with Crippen molar-refractivity contribution in [3.63, 3.8) is 0 Å². The van der Waals surface area contributed by atoms with E-state index in [1.807, 2.05) is 0 Å². The summed E-state index contributed by atoms with van der Waals surface area (Å²) in [6, 6.07) is 0.778. The van der Waals surface area contributed by atoms with E-state index in [1.54, 1.807) is 7.11 Å². The van der Waals surface area contributed by atoms with Crippen LogP contribution in [0.2, 0.25) is 0 Å². The van der Waals surface area contributed by atoms with E-state index in [-0.39, 0.29) is 0 Å². The van der Waals surface area contributed by atoms with Crippen LogP contribution in [0.5, 0.6) is 5.75 Å². The second-order valence-corrected chi connectivity index (χ2v) is 4.54. The van der Waals surface area contributed by atoms with Crippen molar-refractivity contribution < 1.29 is 4.74 Å². The van der Waals surface area contributed by atoms with Gasteiger partial charge in [0.1, 0.15) is 6.33 Å². The molecule has 1 aliphatic carbocycles. The number of hydrazine groups is 1. The average Bonchev–Trinajstić information content (AvgIpc) is 3.27. The van der Waals surface area contributed by atoms with Crippen molar-refractivity contribution in [2.75, 3.05) is 37.5 Å². The van der Waals surface area contributed by atoms with Crippen LogP contribution >= 0.6 is 0 Å². The number of nitrogen functional groups attached to an aromatic ring is 1. The van der Waals surface area contributed by atoms with Crippen LogP contribution in [-0.2, 0) is 0 Å². The lowest BCUT2D eigenvalue weighted by atomic mass is 10.4. The third-order valence-corrected chi connectivity index (χ3v) is 3.31. The zero-order valence-corrected chi connectivity index (χ0v) is 11.5. The van der Waals surface area contributed by atoms with E-state index in [2.05, 4.69) is 32.5 Å². The van der Waals surface area contributed by atoms with E-state index in [9.17, 15) is 0 Å². The first-order valence-corrected chi connectivity index (χ1v) is 6.63. The van der Waals surface area contributed by atoms with Gasteiger partial charge in [0.25, 0.3) is 0 Å². The van der Waals surface area contributed by atoms with Crippen molar-refractivity contribution in [3.8, 4) is 5.75 Å². The number of anilines is 2. The summed E-state index contributed by atoms with van der Waals surface area (Å²) in [6.07, 6.45) is 4.11. The molecule has 0 spiro atoms. The van der Waals surface area contributed by atoms with Crippen molar-refractivity contribution >= 4 is 11.6 Å². The first-order valence-electron chi connectivity index (χ1n) is 6.63. The fourth-order valence-electron chi connectivity index (χ4n) is 2.15. The van der Waals surface area contributed by atoms with Crippen molar-refractivity contribution in [3.05, 3.63) is 6.33 Å². The molecule has 19 heavy (non-hydrogen) atoms. The minimum atomic E-state index is 0.481. The molecule has 0 aromatic carbocycles. The summed E-state index contributed by atoms with van der Waals surface area (Å²) in [5, 5.41) is 3.27. The molecule has 1 aromatic rings. The van der Waals surface area contributed by atoms with Crippen LogP contribution in [0.4, 0.5) is 11.6 Å². The van der Waals surface area contributed by atoms with E-state index >= 15 is 0 Å². The van der Waals surface area contributed by atoms with Crippen LogP contribution in [0, 0.1) is 0 Å². The minimum absolute atomic E-state index is 0.481. The molecule has 1 heterocycles. The molecule has 1 aromatic heterocycles. The van der Waals surface area contributed by atoms with E-state index in [4.69, 9.17) is 10.6 Å². The number of aromatic nitrogens is 2. The highest BCUT2D eigenvalue weighted by molar-refractivity contribution is 5.62. The van der Waals surface area contributed by atoms with Gasteiger partial charge in [-0.25, -0.2) is 15.8 Å². The van der Waals surface area contributed by atoms with Gasteiger partial charge in [0.2, 0.25) is 5.75 Å². The van der Waals surface area contributed by atoms with Crippen LogP contribution in [-0.4, -0.2) is 47.7 Å². The lowest BCUT2D eigenvalue weighted by Gasteiger charge is -2.20. The summed E-state index contributed by atoms with van der Waals surface area (Å²) >= 11 is 0. The third kappa shape index (κ3) is 3.45. The van der Waals surface area contributed by atoms with Gasteiger partial charge in [-0.1, -0.05) is 6.92 Å². The van der Waals surface area contributed by atoms with Gasteiger partial charge in [-0.05, 0) is 19.4 Å². The SMILES string of the molecule is CCN(CCNc1ncnc(NN)c1OC)C1CC1. The smallest absolute Gasteiger partial charge is 0.205 e. The molecule has 7 nitrogen and oxygen atoms in total. The molecular weight excluding hydrogens is 244 g/mol. The van der Waals surface area contributed by atoms with Gasteiger partial charge in [0, 0.05) is 19.1 Å². The molecule has 0 bridgehead atoms. The number of nitrogens with two attached hydrogens (primary N) is 1. The molecule has 0 unspecified atom stereocenters. The number of hydrogen-bond acceptors (Lipinski definition) is 7. The number of nitrogens with one attached hydrogen (secondary N) is 2. The Morgan fingerprint density at radius 1 is 1.42 bits per heavy atom. The zero-order valence-electron chi connectivity index (χ0n) is 11.5. The summed E-state index contributed by atoms with van der Waals surface area (Å²) < 4.78 is 5.27. The Bertz CT molecular complexity index is 409. The Kier molecular flexibility index (Phi) is 4.75. The van der Waals surface area contributed by atoms with Crippen LogP contribution in [0.15, 0.2) is 6.33 Å². The van der Waals surface area contributed by atoms with Crippen molar-refractivity contribution in [1.29, 1.82) is 0 Å². The molecule has 1 fully saturated rings. The molecule has 0 saturated heterocycles. The van der Waals surface area contributed by atoms with E-state index in [1.165, 1.54) is 19.2 Å². The number of hydrogen-bond donors (Lipinski definition) is 3. The lowest BCUT2D eigenvalue weighted by molar-refractivity contribution is 0.288. The number of likely N-dealkylation sites (N-methyl/N-ethyl adjacent to an activating group) is 1. The van der Waals surface area contributed by atoms with E-state index in [0.29, 0.717) is 17.4 Å². The van der Waals surface area contributed by atoms with E-state index in [0.717, 1.165) is 25.7 Å². The average molecular weight is 266 g/mol. The molecule has 0 radical (unpaired) electrons. The van der Waals surface area contributed by atoms with Crippen LogP contribution < -0.4 is 21.3 Å². The van der Waals surface area contributed by atoms with Crippen LogP contribution in [0.25, 0.3) is 0 Å². The number of methoxy groups -OCH3 is 1. The first kappa shape index (κ1) is 13.8. The molecule has 106 valence electrons. The fourth-order valence-corrected chi connectivity index (χ4v) is 2.15. The van der Waals surface area contributed by atoms with Crippen LogP contribution in [0.3, 0.4) is 0 Å². The number of nitrogens with zero attached hydrogens (tertiary/aromatic N) is 3. The van der Waals surface area contributed by atoms with Gasteiger partial charge in [0.05, 0.1) is 7.11 Å². The molecule has 1 saturated carbocycles. The normalized spacial score (nSPS) is 14.5. The van der Waals surface area contributed by atoms with Crippen molar-refractivity contribution in [2.24, 2.45) is 5.84 Å². The van der Waals surface area contributed by atoms with Gasteiger partial charge in [-0.3, -0.25) is 4.90 Å². The summed E-state index contributed by atoms with van der Waals surface area (Å²) in [5.74, 6) is 7.07. The third-order valence-electron chi connectivity index (χ3n) is 3.31. The van der Waals surface area contributed by atoms with Gasteiger partial charge in [-0.15, -0.1) is 0 Å². The Morgan fingerprint density at radius 2 is 2.16 bits per heavy atom. The quantitative estimate of drug-likeness (QED) is 0.470. The highest BCUT2D eigenvalue weighted by Crippen LogP contribution is 2.28. The standard InChI is InChI=1S/C12H22N6O/c1-3-18(9-4-5-9)7-6-14-11-10(19-2)12(17-13)16-8-15-11/h8-9H,3-7,13H2,1-2H3,(H2,14,15,16,17). The van der Waals surface area contributed by atoms with Gasteiger partial charge in [-0.2, -0.15) is 0 Å². The summed E-state index contributed by atoms with van der Waals surface area (Å²) in [5.41, 5.74) is 2.50. The number of rotatable bonds is 8. The Hall–Kier alpha value is -1.60. The first-order chi connectivity index (χ1) is 9.30. The van der Waals surface area contributed by atoms with E-state index < -0.39 is 0 Å².